The number of fused-ring (bicyclic) bond motifs is 1. The molecule has 29 heavy (non-hydrogen) atoms. The molecule has 6 nitrogen and oxygen atoms in total. The second kappa shape index (κ2) is 8.53. The van der Waals surface area contributed by atoms with E-state index in [1.807, 2.05) is 44.2 Å². The predicted octanol–water partition coefficient (Wildman–Crippen LogP) is 4.26. The Labute approximate surface area is 170 Å². The summed E-state index contributed by atoms with van der Waals surface area (Å²) < 4.78 is 31.1. The molecule has 0 bridgehead atoms. The quantitative estimate of drug-likeness (QED) is 0.568. The van der Waals surface area contributed by atoms with E-state index in [-0.39, 0.29) is 11.9 Å². The molecule has 0 aliphatic carbocycles. The number of sulfonamides is 1. The number of para-hydroxylation sites is 1. The maximum Gasteiger partial charge on any atom is 0.244 e. The lowest BCUT2D eigenvalue weighted by atomic mass is 10.1. The van der Waals surface area contributed by atoms with Gasteiger partial charge in [-0.3, -0.25) is 9.52 Å². The van der Waals surface area contributed by atoms with Gasteiger partial charge >= 0.3 is 0 Å². The molecule has 0 saturated carbocycles. The summed E-state index contributed by atoms with van der Waals surface area (Å²) in [5.74, 6) is 0.592. The first kappa shape index (κ1) is 20.7. The molecular formula is C22H24N2O4S. The number of benzene rings is 2. The van der Waals surface area contributed by atoms with Gasteiger partial charge in [0.05, 0.1) is 12.3 Å². The van der Waals surface area contributed by atoms with E-state index in [4.69, 9.17) is 4.42 Å². The third kappa shape index (κ3) is 5.26. The normalized spacial score (nSPS) is 12.9. The zero-order valence-electron chi connectivity index (χ0n) is 16.6. The fraction of sp³-hybridized carbons (Fsp3) is 0.227. The van der Waals surface area contributed by atoms with E-state index in [0.29, 0.717) is 5.69 Å². The van der Waals surface area contributed by atoms with Gasteiger partial charge in [0.15, 0.2) is 0 Å². The number of carbonyl (C=O) groups is 1. The predicted molar refractivity (Wildman–Crippen MR) is 116 cm³/mol. The van der Waals surface area contributed by atoms with E-state index in [1.54, 1.807) is 24.3 Å². The molecule has 2 aromatic carbocycles. The van der Waals surface area contributed by atoms with Gasteiger partial charge in [-0.25, -0.2) is 8.42 Å². The third-order valence-corrected chi connectivity index (χ3v) is 5.09. The van der Waals surface area contributed by atoms with Crippen molar-refractivity contribution in [2.75, 3.05) is 11.0 Å². The third-order valence-electron chi connectivity index (χ3n) is 4.48. The average Bonchev–Trinajstić information content (AvgIpc) is 3.03. The molecule has 0 spiro atoms. The number of anilines is 1. The highest BCUT2D eigenvalue weighted by Crippen LogP contribution is 2.27. The number of furan rings is 1. The Morgan fingerprint density at radius 1 is 1.17 bits per heavy atom. The van der Waals surface area contributed by atoms with E-state index in [9.17, 15) is 13.2 Å². The van der Waals surface area contributed by atoms with Crippen molar-refractivity contribution in [2.45, 2.75) is 26.3 Å². The molecule has 1 unspecified atom stereocenters. The van der Waals surface area contributed by atoms with Gasteiger partial charge in [0.2, 0.25) is 15.9 Å². The maximum atomic E-state index is 12.4. The van der Waals surface area contributed by atoms with Crippen LogP contribution < -0.4 is 10.0 Å². The second-order valence-corrected chi connectivity index (χ2v) is 8.60. The van der Waals surface area contributed by atoms with Crippen LogP contribution in [0, 0.1) is 0 Å². The largest absolute Gasteiger partial charge is 0.460 e. The molecule has 1 heterocycles. The number of rotatable bonds is 7. The van der Waals surface area contributed by atoms with Crippen LogP contribution in [0.4, 0.5) is 5.69 Å². The second-order valence-electron chi connectivity index (χ2n) is 6.85. The van der Waals surface area contributed by atoms with Crippen molar-refractivity contribution < 1.29 is 17.6 Å². The lowest BCUT2D eigenvalue weighted by Gasteiger charge is -2.14. The van der Waals surface area contributed by atoms with Crippen LogP contribution in [-0.4, -0.2) is 20.6 Å². The number of amides is 1. The summed E-state index contributed by atoms with van der Waals surface area (Å²) in [6.45, 7) is 3.85. The van der Waals surface area contributed by atoms with Gasteiger partial charge in [0, 0.05) is 29.1 Å². The summed E-state index contributed by atoms with van der Waals surface area (Å²) in [7, 11) is -3.36. The summed E-state index contributed by atoms with van der Waals surface area (Å²) in [4.78, 5) is 12.4. The number of hydrogen-bond donors (Lipinski definition) is 2. The molecule has 0 saturated heterocycles. The molecule has 1 atom stereocenters. The Morgan fingerprint density at radius 2 is 1.93 bits per heavy atom. The minimum absolute atomic E-state index is 0.244. The van der Waals surface area contributed by atoms with Gasteiger partial charge in [-0.05, 0) is 36.8 Å². The lowest BCUT2D eigenvalue weighted by Crippen LogP contribution is -2.24. The van der Waals surface area contributed by atoms with Crippen molar-refractivity contribution in [3.05, 3.63) is 71.5 Å². The number of carbonyl (C=O) groups excluding carboxylic acids is 1. The molecule has 0 aliphatic heterocycles. The molecule has 0 radical (unpaired) electrons. The molecule has 3 rings (SSSR count). The van der Waals surface area contributed by atoms with E-state index >= 15 is 0 Å². The SMILES string of the molecule is CCc1oc2ccccc2c1C=CC(=O)NC(C)c1cccc(NS(C)(=O)=O)c1. The van der Waals surface area contributed by atoms with Crippen LogP contribution in [0.1, 0.15) is 36.8 Å². The van der Waals surface area contributed by atoms with Crippen molar-refractivity contribution in [3.63, 3.8) is 0 Å². The molecule has 1 amide bonds. The fourth-order valence-electron chi connectivity index (χ4n) is 3.15. The maximum absolute atomic E-state index is 12.4. The van der Waals surface area contributed by atoms with Crippen LogP contribution in [0.2, 0.25) is 0 Å². The zero-order chi connectivity index (χ0) is 21.0. The van der Waals surface area contributed by atoms with Crippen molar-refractivity contribution >= 4 is 38.7 Å². The van der Waals surface area contributed by atoms with E-state index in [0.717, 1.165) is 40.5 Å². The minimum atomic E-state index is -3.36. The van der Waals surface area contributed by atoms with E-state index in [1.165, 1.54) is 6.08 Å². The first-order valence-electron chi connectivity index (χ1n) is 9.33. The van der Waals surface area contributed by atoms with Crippen molar-refractivity contribution in [3.8, 4) is 0 Å². The zero-order valence-corrected chi connectivity index (χ0v) is 17.4. The van der Waals surface area contributed by atoms with Crippen LogP contribution in [0.15, 0.2) is 59.0 Å². The highest BCUT2D eigenvalue weighted by Gasteiger charge is 2.12. The molecule has 2 N–H and O–H groups in total. The van der Waals surface area contributed by atoms with Crippen molar-refractivity contribution in [1.82, 2.24) is 5.32 Å². The Balaban J connectivity index is 1.74. The summed E-state index contributed by atoms with van der Waals surface area (Å²) in [6.07, 6.45) is 5.09. The molecule has 3 aromatic rings. The van der Waals surface area contributed by atoms with Crippen LogP contribution >= 0.6 is 0 Å². The Morgan fingerprint density at radius 3 is 2.66 bits per heavy atom. The molecule has 7 heteroatoms. The molecule has 0 fully saturated rings. The fourth-order valence-corrected chi connectivity index (χ4v) is 3.71. The highest BCUT2D eigenvalue weighted by atomic mass is 32.2. The number of hydrogen-bond acceptors (Lipinski definition) is 4. The molecule has 152 valence electrons. The first-order chi connectivity index (χ1) is 13.8. The van der Waals surface area contributed by atoms with Gasteiger partial charge in [0.25, 0.3) is 0 Å². The summed E-state index contributed by atoms with van der Waals surface area (Å²) in [5, 5.41) is 3.87. The Kier molecular flexibility index (Phi) is 6.08. The number of nitrogens with one attached hydrogen (secondary N) is 2. The van der Waals surface area contributed by atoms with Gasteiger partial charge in [-0.2, -0.15) is 0 Å². The standard InChI is InChI=1S/C22H24N2O4S/c1-4-20-19(18-10-5-6-11-21(18)28-20)12-13-22(25)23-15(2)16-8-7-9-17(14-16)24-29(3,26)27/h5-15,24H,4H2,1-3H3,(H,23,25). The van der Waals surface area contributed by atoms with Crippen LogP contribution in [-0.2, 0) is 21.2 Å². The monoisotopic (exact) mass is 412 g/mol. The van der Waals surface area contributed by atoms with Crippen LogP contribution in [0.25, 0.3) is 17.0 Å². The average molecular weight is 413 g/mol. The topological polar surface area (TPSA) is 88.4 Å². The molecular weight excluding hydrogens is 388 g/mol. The van der Waals surface area contributed by atoms with Gasteiger partial charge in [-0.1, -0.05) is 37.3 Å². The van der Waals surface area contributed by atoms with Crippen molar-refractivity contribution in [2.24, 2.45) is 0 Å². The minimum Gasteiger partial charge on any atom is -0.460 e. The van der Waals surface area contributed by atoms with Crippen LogP contribution in [0.3, 0.4) is 0 Å². The van der Waals surface area contributed by atoms with Crippen LogP contribution in [0.5, 0.6) is 0 Å². The molecule has 1 aromatic heterocycles. The Hall–Kier alpha value is -3.06. The molecule has 0 aliphatic rings. The van der Waals surface area contributed by atoms with E-state index < -0.39 is 10.0 Å². The Bertz CT molecular complexity index is 1160. The van der Waals surface area contributed by atoms with E-state index in [2.05, 4.69) is 10.0 Å². The summed E-state index contributed by atoms with van der Waals surface area (Å²) in [6, 6.07) is 14.4. The smallest absolute Gasteiger partial charge is 0.244 e. The van der Waals surface area contributed by atoms with Gasteiger partial charge in [-0.15, -0.1) is 0 Å². The van der Waals surface area contributed by atoms with Gasteiger partial charge < -0.3 is 9.73 Å². The summed E-state index contributed by atoms with van der Waals surface area (Å²) in [5.41, 5.74) is 2.96. The van der Waals surface area contributed by atoms with Crippen molar-refractivity contribution in [1.29, 1.82) is 0 Å². The van der Waals surface area contributed by atoms with Gasteiger partial charge in [0.1, 0.15) is 11.3 Å². The number of aryl methyl sites for hydroxylation is 1. The lowest BCUT2D eigenvalue weighted by molar-refractivity contribution is -0.117. The highest BCUT2D eigenvalue weighted by molar-refractivity contribution is 7.92. The first-order valence-corrected chi connectivity index (χ1v) is 11.2. The summed E-state index contributed by atoms with van der Waals surface area (Å²) >= 11 is 0.